The highest BCUT2D eigenvalue weighted by molar-refractivity contribution is 5.77. The van der Waals surface area contributed by atoms with Crippen molar-refractivity contribution in [2.24, 2.45) is 11.7 Å². The van der Waals surface area contributed by atoms with Gasteiger partial charge in [-0.15, -0.1) is 0 Å². The molecule has 0 saturated carbocycles. The third-order valence-electron chi connectivity index (χ3n) is 1.18. The minimum Gasteiger partial charge on any atom is -0.370 e. The molecule has 52 valence electrons. The number of amides is 1. The molecule has 0 aliphatic carbocycles. The fraction of sp³-hybridized carbons (Fsp3) is 0.667. The van der Waals surface area contributed by atoms with Gasteiger partial charge in [-0.1, -0.05) is 6.92 Å². The highest BCUT2D eigenvalue weighted by Gasteiger charge is 2.06. The van der Waals surface area contributed by atoms with Gasteiger partial charge in [0.25, 0.3) is 0 Å². The number of carbonyl (C=O) groups excluding carboxylic acids is 2. The molecule has 9 heavy (non-hydrogen) atoms. The van der Waals surface area contributed by atoms with Crippen LogP contribution in [0.25, 0.3) is 0 Å². The Hall–Kier alpha value is -0.860. The van der Waals surface area contributed by atoms with Crippen LogP contribution >= 0.6 is 0 Å². The second-order valence-corrected chi connectivity index (χ2v) is 1.97. The van der Waals surface area contributed by atoms with Crippen molar-refractivity contribution in [2.45, 2.75) is 19.8 Å². The molecule has 1 amide bonds. The van der Waals surface area contributed by atoms with Gasteiger partial charge >= 0.3 is 0 Å². The normalized spacial score (nSPS) is 12.6. The van der Waals surface area contributed by atoms with E-state index in [-0.39, 0.29) is 12.3 Å². The van der Waals surface area contributed by atoms with Gasteiger partial charge in [0.15, 0.2) is 0 Å². The van der Waals surface area contributed by atoms with E-state index in [1.807, 2.05) is 6.92 Å². The summed E-state index contributed by atoms with van der Waals surface area (Å²) in [5.74, 6) is -0.587. The summed E-state index contributed by atoms with van der Waals surface area (Å²) in [6, 6.07) is 0. The molecule has 0 aromatic heterocycles. The zero-order chi connectivity index (χ0) is 7.28. The minimum absolute atomic E-state index is 0.178. The van der Waals surface area contributed by atoms with E-state index >= 15 is 0 Å². The molecule has 0 rings (SSSR count). The summed E-state index contributed by atoms with van der Waals surface area (Å²) in [5.41, 5.74) is 4.85. The van der Waals surface area contributed by atoms with Gasteiger partial charge in [0.05, 0.1) is 0 Å². The minimum atomic E-state index is -0.408. The van der Waals surface area contributed by atoms with E-state index in [2.05, 4.69) is 0 Å². The van der Waals surface area contributed by atoms with Crippen LogP contribution in [-0.2, 0) is 9.59 Å². The average molecular weight is 129 g/mol. The first-order valence-corrected chi connectivity index (χ1v) is 2.94. The van der Waals surface area contributed by atoms with Gasteiger partial charge < -0.3 is 10.5 Å². The molecule has 3 nitrogen and oxygen atoms in total. The summed E-state index contributed by atoms with van der Waals surface area (Å²) in [6.07, 6.45) is 1.64. The van der Waals surface area contributed by atoms with Crippen LogP contribution < -0.4 is 5.73 Å². The average Bonchev–Trinajstić information content (AvgIpc) is 1.82. The first kappa shape index (κ1) is 8.14. The molecule has 0 aliphatic heterocycles. The largest absolute Gasteiger partial charge is 0.370 e. The Morgan fingerprint density at radius 3 is 2.44 bits per heavy atom. The number of aldehydes is 1. The van der Waals surface area contributed by atoms with Crippen molar-refractivity contribution < 1.29 is 9.59 Å². The van der Waals surface area contributed by atoms with Crippen LogP contribution in [0, 0.1) is 5.92 Å². The van der Waals surface area contributed by atoms with Crippen LogP contribution in [0.3, 0.4) is 0 Å². The highest BCUT2D eigenvalue weighted by Crippen LogP contribution is 2.02. The van der Waals surface area contributed by atoms with Gasteiger partial charge in [-0.3, -0.25) is 4.79 Å². The lowest BCUT2D eigenvalue weighted by Gasteiger charge is -2.00. The van der Waals surface area contributed by atoms with Gasteiger partial charge in [0.1, 0.15) is 6.29 Å². The number of carbonyl (C=O) groups is 2. The van der Waals surface area contributed by atoms with Crippen molar-refractivity contribution in [3.05, 3.63) is 0 Å². The lowest BCUT2D eigenvalue weighted by molar-refractivity contribution is -0.122. The maximum Gasteiger partial charge on any atom is 0.218 e. The lowest BCUT2D eigenvalue weighted by Crippen LogP contribution is -2.16. The monoisotopic (exact) mass is 129 g/mol. The number of rotatable bonds is 4. The van der Waals surface area contributed by atoms with Gasteiger partial charge in [0, 0.05) is 12.3 Å². The second-order valence-electron chi connectivity index (χ2n) is 1.97. The Morgan fingerprint density at radius 1 is 1.78 bits per heavy atom. The van der Waals surface area contributed by atoms with Crippen LogP contribution in [0.2, 0.25) is 0 Å². The molecule has 1 atom stereocenters. The molecule has 0 bridgehead atoms. The Bertz CT molecular complexity index is 112. The predicted molar refractivity (Wildman–Crippen MR) is 33.7 cm³/mol. The fourth-order valence-electron chi connectivity index (χ4n) is 0.547. The third-order valence-corrected chi connectivity index (χ3v) is 1.18. The van der Waals surface area contributed by atoms with E-state index in [1.165, 1.54) is 0 Å². The number of primary amides is 1. The summed E-state index contributed by atoms with van der Waals surface area (Å²) in [7, 11) is 0. The molecule has 2 N–H and O–H groups in total. The van der Waals surface area contributed by atoms with E-state index < -0.39 is 5.91 Å². The molecular formula is C6H11NO2. The lowest BCUT2D eigenvalue weighted by atomic mass is 10.0. The van der Waals surface area contributed by atoms with Crippen LogP contribution in [0.4, 0.5) is 0 Å². The zero-order valence-electron chi connectivity index (χ0n) is 5.46. The summed E-state index contributed by atoms with van der Waals surface area (Å²) < 4.78 is 0. The summed E-state index contributed by atoms with van der Waals surface area (Å²) in [5, 5.41) is 0. The summed E-state index contributed by atoms with van der Waals surface area (Å²) >= 11 is 0. The van der Waals surface area contributed by atoms with E-state index in [4.69, 9.17) is 5.73 Å². The molecule has 0 fully saturated rings. The van der Waals surface area contributed by atoms with E-state index in [0.717, 1.165) is 6.29 Å². The molecule has 0 heterocycles. The smallest absolute Gasteiger partial charge is 0.218 e. The first-order chi connectivity index (χ1) is 4.20. The van der Waals surface area contributed by atoms with Crippen molar-refractivity contribution in [3.63, 3.8) is 0 Å². The highest BCUT2D eigenvalue weighted by atomic mass is 16.1. The summed E-state index contributed by atoms with van der Waals surface area (Å²) in [4.78, 5) is 20.3. The van der Waals surface area contributed by atoms with Crippen LogP contribution in [0.5, 0.6) is 0 Å². The maximum atomic E-state index is 10.2. The molecule has 0 aliphatic rings. The Labute approximate surface area is 54.2 Å². The van der Waals surface area contributed by atoms with E-state index in [1.54, 1.807) is 0 Å². The summed E-state index contributed by atoms with van der Waals surface area (Å²) in [6.45, 7) is 1.85. The molecule has 0 aromatic carbocycles. The Balaban J connectivity index is 3.55. The third kappa shape index (κ3) is 3.70. The van der Waals surface area contributed by atoms with Crippen molar-refractivity contribution >= 4 is 12.2 Å². The van der Waals surface area contributed by atoms with Gasteiger partial charge in [-0.05, 0) is 6.42 Å². The SMILES string of the molecule is CCC(C=O)CC(N)=O. The molecule has 0 aromatic rings. The number of hydrogen-bond donors (Lipinski definition) is 1. The fourth-order valence-corrected chi connectivity index (χ4v) is 0.547. The van der Waals surface area contributed by atoms with Crippen LogP contribution in [0.1, 0.15) is 19.8 Å². The van der Waals surface area contributed by atoms with E-state index in [0.29, 0.717) is 6.42 Å². The maximum absolute atomic E-state index is 10.2. The Morgan fingerprint density at radius 2 is 2.33 bits per heavy atom. The standard InChI is InChI=1S/C6H11NO2/c1-2-5(4-8)3-6(7)9/h4-5H,2-3H2,1H3,(H2,7,9). The Kier molecular flexibility index (Phi) is 3.67. The van der Waals surface area contributed by atoms with Crippen molar-refractivity contribution in [1.82, 2.24) is 0 Å². The topological polar surface area (TPSA) is 60.2 Å². The molecule has 3 heteroatoms. The molecular weight excluding hydrogens is 118 g/mol. The first-order valence-electron chi connectivity index (χ1n) is 2.94. The van der Waals surface area contributed by atoms with Gasteiger partial charge in [-0.25, -0.2) is 0 Å². The van der Waals surface area contributed by atoms with Gasteiger partial charge in [-0.2, -0.15) is 0 Å². The molecule has 0 spiro atoms. The number of nitrogens with two attached hydrogens (primary N) is 1. The molecule has 0 saturated heterocycles. The zero-order valence-corrected chi connectivity index (χ0v) is 5.46. The second kappa shape index (κ2) is 4.06. The van der Waals surface area contributed by atoms with Crippen molar-refractivity contribution in [3.8, 4) is 0 Å². The van der Waals surface area contributed by atoms with Crippen molar-refractivity contribution in [1.29, 1.82) is 0 Å². The molecule has 1 unspecified atom stereocenters. The number of hydrogen-bond acceptors (Lipinski definition) is 2. The van der Waals surface area contributed by atoms with Crippen LogP contribution in [0.15, 0.2) is 0 Å². The van der Waals surface area contributed by atoms with Crippen LogP contribution in [-0.4, -0.2) is 12.2 Å². The van der Waals surface area contributed by atoms with Crippen molar-refractivity contribution in [2.75, 3.05) is 0 Å². The predicted octanol–water partition coefficient (Wildman–Crippen LogP) is 0.0869. The van der Waals surface area contributed by atoms with E-state index in [9.17, 15) is 9.59 Å². The molecule has 0 radical (unpaired) electrons. The van der Waals surface area contributed by atoms with Gasteiger partial charge in [0.2, 0.25) is 5.91 Å². The quantitative estimate of drug-likeness (QED) is 0.547.